The highest BCUT2D eigenvalue weighted by Gasteiger charge is 2.23. The summed E-state index contributed by atoms with van der Waals surface area (Å²) in [6, 6.07) is 8.63. The van der Waals surface area contributed by atoms with Crippen molar-refractivity contribution < 1.29 is 14.3 Å². The van der Waals surface area contributed by atoms with E-state index < -0.39 is 0 Å². The van der Waals surface area contributed by atoms with E-state index in [-0.39, 0.29) is 18.2 Å². The third-order valence-corrected chi connectivity index (χ3v) is 4.65. The van der Waals surface area contributed by atoms with E-state index in [1.807, 2.05) is 12.1 Å². The van der Waals surface area contributed by atoms with Gasteiger partial charge >= 0.3 is 6.03 Å². The van der Waals surface area contributed by atoms with Crippen LogP contribution in [0.25, 0.3) is 0 Å². The molecule has 1 aliphatic heterocycles. The van der Waals surface area contributed by atoms with Crippen molar-refractivity contribution in [1.82, 2.24) is 10.3 Å². The number of nitrogens with one attached hydrogen (secondary N) is 2. The van der Waals surface area contributed by atoms with Gasteiger partial charge in [-0.1, -0.05) is 17.7 Å². The fraction of sp³-hybridized carbons (Fsp3) is 0.400. The Morgan fingerprint density at radius 2 is 2.04 bits per heavy atom. The molecule has 2 aromatic rings. The number of hydrogen-bond acceptors (Lipinski definition) is 5. The molecule has 7 nitrogen and oxygen atoms in total. The number of anilines is 2. The van der Waals surface area contributed by atoms with Crippen molar-refractivity contribution in [2.24, 2.45) is 0 Å². The summed E-state index contributed by atoms with van der Waals surface area (Å²) in [6.45, 7) is 6.12. The van der Waals surface area contributed by atoms with Crippen molar-refractivity contribution >= 4 is 29.1 Å². The number of methoxy groups -OCH3 is 1. The largest absolute Gasteiger partial charge is 0.495 e. The van der Waals surface area contributed by atoms with Crippen LogP contribution in [0.3, 0.4) is 0 Å². The minimum Gasteiger partial charge on any atom is -0.495 e. The molecule has 1 saturated heterocycles. The Hall–Kier alpha value is -2.51. The molecule has 2 heterocycles. The predicted molar refractivity (Wildman–Crippen MR) is 110 cm³/mol. The molecule has 1 aromatic heterocycles. The van der Waals surface area contributed by atoms with Crippen molar-refractivity contribution in [2.45, 2.75) is 32.6 Å². The van der Waals surface area contributed by atoms with Gasteiger partial charge in [0.05, 0.1) is 25.0 Å². The van der Waals surface area contributed by atoms with Crippen LogP contribution in [0.1, 0.15) is 19.4 Å². The molecule has 2 N–H and O–H groups in total. The lowest BCUT2D eigenvalue weighted by Crippen LogP contribution is -2.45. The van der Waals surface area contributed by atoms with Gasteiger partial charge in [-0.15, -0.1) is 0 Å². The number of pyridine rings is 1. The second kappa shape index (κ2) is 9.12. The van der Waals surface area contributed by atoms with E-state index in [2.05, 4.69) is 34.4 Å². The zero-order valence-electron chi connectivity index (χ0n) is 16.2. The van der Waals surface area contributed by atoms with Gasteiger partial charge < -0.3 is 25.0 Å². The summed E-state index contributed by atoms with van der Waals surface area (Å²) in [4.78, 5) is 18.9. The van der Waals surface area contributed by atoms with Gasteiger partial charge in [0.15, 0.2) is 0 Å². The summed E-state index contributed by atoms with van der Waals surface area (Å²) in [6.07, 6.45) is 2.14. The molecular formula is C20H25ClN4O3. The minimum absolute atomic E-state index is 0.180. The fourth-order valence-corrected chi connectivity index (χ4v) is 3.37. The standard InChI is InChI=1S/C20H25ClN4O3/c1-13-11-25(12-14(2)28-13)19-7-4-15(9-22-19)10-23-20(26)24-17-8-16(21)5-6-18(17)27-3/h4-9,13-14H,10-12H2,1-3H3,(H2,23,24,26). The lowest BCUT2D eigenvalue weighted by atomic mass is 10.2. The van der Waals surface area contributed by atoms with Gasteiger partial charge in [0, 0.05) is 30.9 Å². The van der Waals surface area contributed by atoms with E-state index in [0.29, 0.717) is 23.0 Å². The van der Waals surface area contributed by atoms with Crippen LogP contribution in [0.4, 0.5) is 16.3 Å². The number of ether oxygens (including phenoxy) is 2. The SMILES string of the molecule is COc1ccc(Cl)cc1NC(=O)NCc1ccc(N2CC(C)OC(C)C2)nc1. The summed E-state index contributed by atoms with van der Waals surface area (Å²) in [5.41, 5.74) is 1.42. The summed E-state index contributed by atoms with van der Waals surface area (Å²) in [7, 11) is 1.54. The molecule has 0 saturated carbocycles. The molecule has 8 heteroatoms. The second-order valence-corrected chi connectivity index (χ2v) is 7.28. The maximum Gasteiger partial charge on any atom is 0.319 e. The minimum atomic E-state index is -0.347. The van der Waals surface area contributed by atoms with Crippen LogP contribution in [0.5, 0.6) is 5.75 Å². The summed E-state index contributed by atoms with van der Waals surface area (Å²) < 4.78 is 11.0. The third-order valence-electron chi connectivity index (χ3n) is 4.42. The average Bonchev–Trinajstić information content (AvgIpc) is 2.66. The van der Waals surface area contributed by atoms with E-state index in [1.165, 1.54) is 7.11 Å². The van der Waals surface area contributed by atoms with Crippen LogP contribution in [-0.2, 0) is 11.3 Å². The lowest BCUT2D eigenvalue weighted by molar-refractivity contribution is -0.00546. The van der Waals surface area contributed by atoms with Gasteiger partial charge in [-0.05, 0) is 43.7 Å². The van der Waals surface area contributed by atoms with Crippen molar-refractivity contribution in [3.05, 3.63) is 47.1 Å². The third kappa shape index (κ3) is 5.27. The number of nitrogens with zero attached hydrogens (tertiary/aromatic N) is 2. The Labute approximate surface area is 170 Å². The number of hydrogen-bond donors (Lipinski definition) is 2. The zero-order valence-corrected chi connectivity index (χ0v) is 17.0. The highest BCUT2D eigenvalue weighted by Crippen LogP contribution is 2.27. The van der Waals surface area contributed by atoms with E-state index >= 15 is 0 Å². The van der Waals surface area contributed by atoms with Crippen LogP contribution in [-0.4, -0.2) is 43.4 Å². The van der Waals surface area contributed by atoms with Crippen LogP contribution < -0.4 is 20.3 Å². The average molecular weight is 405 g/mol. The maximum absolute atomic E-state index is 12.2. The first-order valence-electron chi connectivity index (χ1n) is 9.18. The van der Waals surface area contributed by atoms with E-state index in [4.69, 9.17) is 21.1 Å². The number of benzene rings is 1. The number of carbonyl (C=O) groups excluding carboxylic acids is 1. The Kier molecular flexibility index (Phi) is 6.59. The molecule has 1 aliphatic rings. The Morgan fingerprint density at radius 3 is 2.68 bits per heavy atom. The van der Waals surface area contributed by atoms with Crippen LogP contribution >= 0.6 is 11.6 Å². The summed E-state index contributed by atoms with van der Waals surface area (Å²) in [5, 5.41) is 6.07. The van der Waals surface area contributed by atoms with E-state index in [9.17, 15) is 4.79 Å². The van der Waals surface area contributed by atoms with Gasteiger partial charge in [-0.2, -0.15) is 0 Å². The number of aromatic nitrogens is 1. The van der Waals surface area contributed by atoms with Crippen LogP contribution in [0, 0.1) is 0 Å². The highest BCUT2D eigenvalue weighted by molar-refractivity contribution is 6.31. The van der Waals surface area contributed by atoms with Gasteiger partial charge in [0.1, 0.15) is 11.6 Å². The van der Waals surface area contributed by atoms with Crippen LogP contribution in [0.15, 0.2) is 36.5 Å². The zero-order chi connectivity index (χ0) is 20.1. The summed E-state index contributed by atoms with van der Waals surface area (Å²) in [5.74, 6) is 1.46. The molecule has 2 amide bonds. The molecule has 28 heavy (non-hydrogen) atoms. The molecule has 2 atom stereocenters. The normalized spacial score (nSPS) is 19.2. The first-order valence-corrected chi connectivity index (χ1v) is 9.56. The fourth-order valence-electron chi connectivity index (χ4n) is 3.20. The van der Waals surface area contributed by atoms with E-state index in [0.717, 1.165) is 24.5 Å². The van der Waals surface area contributed by atoms with Crippen molar-refractivity contribution in [2.75, 3.05) is 30.4 Å². The molecule has 0 aliphatic carbocycles. The van der Waals surface area contributed by atoms with Crippen molar-refractivity contribution in [1.29, 1.82) is 0 Å². The Bertz CT molecular complexity index is 806. The van der Waals surface area contributed by atoms with Crippen LogP contribution in [0.2, 0.25) is 5.02 Å². The maximum atomic E-state index is 12.2. The Balaban J connectivity index is 1.55. The highest BCUT2D eigenvalue weighted by atomic mass is 35.5. The molecule has 0 bridgehead atoms. The molecule has 150 valence electrons. The van der Waals surface area contributed by atoms with E-state index in [1.54, 1.807) is 24.4 Å². The van der Waals surface area contributed by atoms with Gasteiger partial charge in [0.25, 0.3) is 0 Å². The number of morpholine rings is 1. The molecule has 1 aromatic carbocycles. The first-order chi connectivity index (χ1) is 13.4. The predicted octanol–water partition coefficient (Wildman–Crippen LogP) is 3.68. The number of halogens is 1. The Morgan fingerprint density at radius 1 is 1.29 bits per heavy atom. The van der Waals surface area contributed by atoms with Crippen molar-refractivity contribution in [3.8, 4) is 5.75 Å². The van der Waals surface area contributed by atoms with Gasteiger partial charge in [0.2, 0.25) is 0 Å². The first kappa shape index (κ1) is 20.2. The van der Waals surface area contributed by atoms with Gasteiger partial charge in [-0.25, -0.2) is 9.78 Å². The monoisotopic (exact) mass is 404 g/mol. The number of amides is 2. The summed E-state index contributed by atoms with van der Waals surface area (Å²) >= 11 is 5.98. The number of carbonyl (C=O) groups is 1. The number of rotatable bonds is 5. The molecule has 1 fully saturated rings. The molecule has 0 spiro atoms. The quantitative estimate of drug-likeness (QED) is 0.795. The van der Waals surface area contributed by atoms with Crippen molar-refractivity contribution in [3.63, 3.8) is 0 Å². The van der Waals surface area contributed by atoms with Gasteiger partial charge in [-0.3, -0.25) is 0 Å². The topological polar surface area (TPSA) is 75.7 Å². The smallest absolute Gasteiger partial charge is 0.319 e. The lowest BCUT2D eigenvalue weighted by Gasteiger charge is -2.36. The second-order valence-electron chi connectivity index (χ2n) is 6.84. The number of urea groups is 1. The molecule has 2 unspecified atom stereocenters. The molecule has 3 rings (SSSR count). The molecular weight excluding hydrogens is 380 g/mol. The molecule has 0 radical (unpaired) electrons.